The molecule has 2 heterocycles. The molecule has 2 aromatic carbocycles. The molecule has 1 aliphatic heterocycles. The molecule has 7 heteroatoms. The van der Waals surface area contributed by atoms with Crippen LogP contribution < -0.4 is 19.8 Å². The predicted molar refractivity (Wildman–Crippen MR) is 103 cm³/mol. The zero-order valence-corrected chi connectivity index (χ0v) is 15.8. The van der Waals surface area contributed by atoms with Gasteiger partial charge in [0.15, 0.2) is 17.3 Å². The van der Waals surface area contributed by atoms with E-state index in [1.165, 1.54) is 0 Å². The van der Waals surface area contributed by atoms with Crippen molar-refractivity contribution in [3.8, 4) is 28.5 Å². The molecule has 1 aliphatic rings. The Morgan fingerprint density at radius 1 is 1.14 bits per heavy atom. The highest BCUT2D eigenvalue weighted by molar-refractivity contribution is 5.96. The van der Waals surface area contributed by atoms with Gasteiger partial charge in [-0.2, -0.15) is 0 Å². The van der Waals surface area contributed by atoms with Gasteiger partial charge in [-0.3, -0.25) is 10.2 Å². The molecule has 1 N–H and O–H groups in total. The number of nitrogens with one attached hydrogen (secondary N) is 1. The van der Waals surface area contributed by atoms with Gasteiger partial charge in [0.2, 0.25) is 12.4 Å². The summed E-state index contributed by atoms with van der Waals surface area (Å²) in [5.41, 5.74) is 2.58. The zero-order valence-electron chi connectivity index (χ0n) is 15.8. The molecule has 3 aromatic rings. The maximum absolute atomic E-state index is 12.7. The van der Waals surface area contributed by atoms with Crippen LogP contribution in [-0.2, 0) is 13.6 Å². The highest BCUT2D eigenvalue weighted by Crippen LogP contribution is 2.32. The molecule has 0 atom stereocenters. The van der Waals surface area contributed by atoms with Crippen molar-refractivity contribution in [3.05, 3.63) is 59.8 Å². The summed E-state index contributed by atoms with van der Waals surface area (Å²) in [6.07, 6.45) is 1.82. The van der Waals surface area contributed by atoms with E-state index >= 15 is 0 Å². The summed E-state index contributed by atoms with van der Waals surface area (Å²) in [7, 11) is 1.82. The number of ketones is 1. The maximum atomic E-state index is 12.7. The Hall–Kier alpha value is -3.48. The largest absolute Gasteiger partial charge is 0.494 e. The molecule has 0 spiro atoms. The molecule has 0 fully saturated rings. The van der Waals surface area contributed by atoms with E-state index in [2.05, 4.69) is 0 Å². The van der Waals surface area contributed by atoms with Gasteiger partial charge in [0.1, 0.15) is 5.75 Å². The third kappa shape index (κ3) is 3.26. The predicted octanol–water partition coefficient (Wildman–Crippen LogP) is 2.98. The zero-order chi connectivity index (χ0) is 19.7. The van der Waals surface area contributed by atoms with E-state index in [0.717, 1.165) is 17.0 Å². The van der Waals surface area contributed by atoms with Crippen LogP contribution in [0.5, 0.6) is 17.2 Å². The number of nitrogens with zero attached hydrogens (tertiary/aromatic N) is 2. The molecule has 0 aliphatic carbocycles. The van der Waals surface area contributed by atoms with Gasteiger partial charge in [-0.05, 0) is 55.0 Å². The number of hydrogen-bond acceptors (Lipinski definition) is 5. The lowest BCUT2D eigenvalue weighted by Gasteiger charge is -2.05. The average Bonchev–Trinajstić information content (AvgIpc) is 3.28. The molecule has 1 aromatic heterocycles. The topological polar surface area (TPSA) is 78.5 Å². The fourth-order valence-electron chi connectivity index (χ4n) is 3.20. The quantitative estimate of drug-likeness (QED) is 0.668. The molecule has 0 amide bonds. The van der Waals surface area contributed by atoms with E-state index in [1.54, 1.807) is 27.3 Å². The van der Waals surface area contributed by atoms with Crippen LogP contribution in [0, 0.1) is 5.41 Å². The van der Waals surface area contributed by atoms with Gasteiger partial charge < -0.3 is 23.3 Å². The highest BCUT2D eigenvalue weighted by atomic mass is 16.7. The van der Waals surface area contributed by atoms with E-state index < -0.39 is 0 Å². The minimum atomic E-state index is -0.0966. The van der Waals surface area contributed by atoms with Crippen LogP contribution in [0.1, 0.15) is 17.3 Å². The third-order valence-corrected chi connectivity index (χ3v) is 4.70. The summed E-state index contributed by atoms with van der Waals surface area (Å²) in [5, 5.41) is 8.36. The van der Waals surface area contributed by atoms with Crippen molar-refractivity contribution in [1.29, 1.82) is 5.41 Å². The van der Waals surface area contributed by atoms with Crippen LogP contribution in [0.4, 0.5) is 0 Å². The molecule has 4 rings (SSSR count). The van der Waals surface area contributed by atoms with E-state index in [-0.39, 0.29) is 24.7 Å². The van der Waals surface area contributed by atoms with Gasteiger partial charge in [0.25, 0.3) is 0 Å². The summed E-state index contributed by atoms with van der Waals surface area (Å²) in [4.78, 5) is 12.7. The van der Waals surface area contributed by atoms with Gasteiger partial charge in [0, 0.05) is 18.8 Å². The Morgan fingerprint density at radius 2 is 1.89 bits per heavy atom. The number of ether oxygens (including phenoxy) is 3. The number of aromatic nitrogens is 2. The van der Waals surface area contributed by atoms with Crippen LogP contribution in [0.25, 0.3) is 11.3 Å². The smallest absolute Gasteiger partial charge is 0.231 e. The fraction of sp³-hybridized carbons (Fsp3) is 0.238. The Balaban J connectivity index is 1.58. The maximum Gasteiger partial charge on any atom is 0.231 e. The van der Waals surface area contributed by atoms with Crippen molar-refractivity contribution < 1.29 is 19.0 Å². The van der Waals surface area contributed by atoms with Crippen LogP contribution in [0.15, 0.2) is 48.7 Å². The van der Waals surface area contributed by atoms with Crippen LogP contribution in [0.3, 0.4) is 0 Å². The SMILES string of the molecule is CCOc1ccc(-c2cn(CC(=O)c3ccc4c(c3)OCO4)c(=N)n2C)cc1. The second kappa shape index (κ2) is 7.26. The lowest BCUT2D eigenvalue weighted by Crippen LogP contribution is -2.25. The summed E-state index contributed by atoms with van der Waals surface area (Å²) in [6, 6.07) is 12.8. The number of carbonyl (C=O) groups is 1. The van der Waals surface area contributed by atoms with E-state index in [1.807, 2.05) is 44.4 Å². The number of benzene rings is 2. The number of imidazole rings is 1. The van der Waals surface area contributed by atoms with Crippen molar-refractivity contribution in [2.24, 2.45) is 7.05 Å². The van der Waals surface area contributed by atoms with Gasteiger partial charge in [-0.1, -0.05) is 0 Å². The first-order valence-corrected chi connectivity index (χ1v) is 9.03. The third-order valence-electron chi connectivity index (χ3n) is 4.70. The lowest BCUT2D eigenvalue weighted by atomic mass is 10.1. The molecular weight excluding hydrogens is 358 g/mol. The second-order valence-corrected chi connectivity index (χ2v) is 6.47. The molecule has 0 bridgehead atoms. The van der Waals surface area contributed by atoms with Crippen molar-refractivity contribution >= 4 is 5.78 Å². The van der Waals surface area contributed by atoms with Crippen LogP contribution in [-0.4, -0.2) is 28.3 Å². The van der Waals surface area contributed by atoms with Crippen molar-refractivity contribution in [2.75, 3.05) is 13.4 Å². The molecule has 0 radical (unpaired) electrons. The van der Waals surface area contributed by atoms with E-state index in [4.69, 9.17) is 19.6 Å². The molecule has 144 valence electrons. The van der Waals surface area contributed by atoms with Gasteiger partial charge in [-0.25, -0.2) is 0 Å². The standard InChI is InChI=1S/C21H21N3O4/c1-3-26-16-7-4-14(5-8-16)17-11-24(21(22)23(17)2)12-18(25)15-6-9-19-20(10-15)28-13-27-19/h4-11,22H,3,12-13H2,1-2H3. The molecule has 7 nitrogen and oxygen atoms in total. The summed E-state index contributed by atoms with van der Waals surface area (Å²) in [6.45, 7) is 2.80. The molecule has 0 saturated carbocycles. The number of Topliss-reactive ketones (excluding diaryl/α,β-unsaturated/α-hetero) is 1. The monoisotopic (exact) mass is 379 g/mol. The Labute approximate surface area is 162 Å². The van der Waals surface area contributed by atoms with Crippen molar-refractivity contribution in [1.82, 2.24) is 9.13 Å². The van der Waals surface area contributed by atoms with E-state index in [0.29, 0.717) is 23.7 Å². The van der Waals surface area contributed by atoms with Crippen molar-refractivity contribution in [2.45, 2.75) is 13.5 Å². The Kier molecular flexibility index (Phi) is 4.65. The first kappa shape index (κ1) is 17.9. The molecule has 0 unspecified atom stereocenters. The number of carbonyl (C=O) groups excluding carboxylic acids is 1. The summed E-state index contributed by atoms with van der Waals surface area (Å²) >= 11 is 0. The highest BCUT2D eigenvalue weighted by Gasteiger charge is 2.17. The summed E-state index contributed by atoms with van der Waals surface area (Å²) < 4.78 is 19.5. The van der Waals surface area contributed by atoms with Gasteiger partial charge >= 0.3 is 0 Å². The molecule has 0 saturated heterocycles. The lowest BCUT2D eigenvalue weighted by molar-refractivity contribution is 0.0969. The first-order chi connectivity index (χ1) is 13.6. The second-order valence-electron chi connectivity index (χ2n) is 6.47. The first-order valence-electron chi connectivity index (χ1n) is 9.03. The number of hydrogen-bond donors (Lipinski definition) is 1. The molecule has 28 heavy (non-hydrogen) atoms. The van der Waals surface area contributed by atoms with Gasteiger partial charge in [-0.15, -0.1) is 0 Å². The van der Waals surface area contributed by atoms with Gasteiger partial charge in [0.05, 0.1) is 18.8 Å². The van der Waals surface area contributed by atoms with E-state index in [9.17, 15) is 4.79 Å². The normalized spacial score (nSPS) is 12.2. The summed E-state index contributed by atoms with van der Waals surface area (Å²) in [5.74, 6) is 1.92. The fourth-order valence-corrected chi connectivity index (χ4v) is 3.20. The minimum absolute atomic E-state index is 0.0728. The van der Waals surface area contributed by atoms with Crippen LogP contribution in [0.2, 0.25) is 0 Å². The Bertz CT molecular complexity index is 1080. The number of fused-ring (bicyclic) bond motifs is 1. The molecular formula is C21H21N3O4. The Morgan fingerprint density at radius 3 is 2.64 bits per heavy atom. The average molecular weight is 379 g/mol. The minimum Gasteiger partial charge on any atom is -0.494 e. The van der Waals surface area contributed by atoms with Crippen molar-refractivity contribution in [3.63, 3.8) is 0 Å². The number of rotatable bonds is 6. The van der Waals surface area contributed by atoms with Crippen LogP contribution >= 0.6 is 0 Å².